The maximum atomic E-state index is 2.24. The van der Waals surface area contributed by atoms with Gasteiger partial charge in [0.1, 0.15) is 0 Å². The highest BCUT2D eigenvalue weighted by Crippen LogP contribution is 2.10. The van der Waals surface area contributed by atoms with Crippen LogP contribution in [0.4, 0.5) is 0 Å². The standard InChI is InChI=1S/C7H15/c1-6(2)5-7(3)4/h6H,5H2,1-4H3/q-1. The Bertz CT molecular complexity index is 29.3. The van der Waals surface area contributed by atoms with Gasteiger partial charge in [0.2, 0.25) is 0 Å². The van der Waals surface area contributed by atoms with Crippen molar-refractivity contribution in [3.05, 3.63) is 5.92 Å². The molecule has 0 rings (SSSR count). The molecule has 0 aliphatic heterocycles. The van der Waals surface area contributed by atoms with Crippen molar-refractivity contribution in [3.63, 3.8) is 0 Å². The molecule has 0 aromatic carbocycles. The van der Waals surface area contributed by atoms with Gasteiger partial charge in [-0.1, -0.05) is 19.8 Å². The van der Waals surface area contributed by atoms with Crippen molar-refractivity contribution in [2.45, 2.75) is 34.1 Å². The molecule has 44 valence electrons. The summed E-state index contributed by atoms with van der Waals surface area (Å²) in [4.78, 5) is 0. The van der Waals surface area contributed by atoms with Crippen molar-refractivity contribution in [1.82, 2.24) is 0 Å². The van der Waals surface area contributed by atoms with Gasteiger partial charge in [0.25, 0.3) is 0 Å². The quantitative estimate of drug-likeness (QED) is 0.467. The highest BCUT2D eigenvalue weighted by molar-refractivity contribution is 4.77. The van der Waals surface area contributed by atoms with Crippen LogP contribution in [0.2, 0.25) is 0 Å². The molecule has 7 heavy (non-hydrogen) atoms. The fraction of sp³-hybridized carbons (Fsp3) is 0.857. The van der Waals surface area contributed by atoms with Gasteiger partial charge in [-0.3, -0.25) is 0 Å². The molecule has 0 radical (unpaired) electrons. The van der Waals surface area contributed by atoms with E-state index in [1.165, 1.54) is 12.3 Å². The topological polar surface area (TPSA) is 0 Å². The summed E-state index contributed by atoms with van der Waals surface area (Å²) in [6, 6.07) is 0. The third-order valence-corrected chi connectivity index (χ3v) is 0.816. The fourth-order valence-corrected chi connectivity index (χ4v) is 0.816. The second-order valence-corrected chi connectivity index (χ2v) is 2.81. The molecule has 0 aliphatic rings. The molecule has 0 fully saturated rings. The van der Waals surface area contributed by atoms with E-state index in [0.717, 1.165) is 5.92 Å². The SMILES string of the molecule is C[C-](C)CC(C)C. The summed E-state index contributed by atoms with van der Waals surface area (Å²) < 4.78 is 0. The largest absolute Gasteiger partial charge is 0.319 e. The molecule has 0 bridgehead atoms. The average Bonchev–Trinajstić information content (AvgIpc) is 1.27. The molecular formula is C7H15-. The molecule has 0 unspecified atom stereocenters. The Morgan fingerprint density at radius 2 is 1.71 bits per heavy atom. The number of hydrogen-bond acceptors (Lipinski definition) is 0. The van der Waals surface area contributed by atoms with Gasteiger partial charge in [-0.2, -0.15) is 20.3 Å². The molecule has 0 atom stereocenters. The van der Waals surface area contributed by atoms with Gasteiger partial charge in [0.15, 0.2) is 0 Å². The van der Waals surface area contributed by atoms with Crippen molar-refractivity contribution in [3.8, 4) is 0 Å². The molecule has 0 amide bonds. The third-order valence-electron chi connectivity index (χ3n) is 0.816. The van der Waals surface area contributed by atoms with Crippen LogP contribution < -0.4 is 0 Å². The van der Waals surface area contributed by atoms with Crippen LogP contribution in [0.3, 0.4) is 0 Å². The lowest BCUT2D eigenvalue weighted by Crippen LogP contribution is -1.91. The lowest BCUT2D eigenvalue weighted by molar-refractivity contribution is 0.600. The predicted octanol–water partition coefficient (Wildman–Crippen LogP) is 2.65. The minimum absolute atomic E-state index is 0.838. The Hall–Kier alpha value is 0. The highest BCUT2D eigenvalue weighted by atomic mass is 14.0. The van der Waals surface area contributed by atoms with Gasteiger partial charge in [-0.05, 0) is 0 Å². The van der Waals surface area contributed by atoms with E-state index >= 15 is 0 Å². The average molecular weight is 99.2 g/mol. The van der Waals surface area contributed by atoms with E-state index in [4.69, 9.17) is 0 Å². The number of hydrogen-bond donors (Lipinski definition) is 0. The van der Waals surface area contributed by atoms with Gasteiger partial charge in [0, 0.05) is 0 Å². The smallest absolute Gasteiger partial charge is 0.0652 e. The van der Waals surface area contributed by atoms with Crippen molar-refractivity contribution < 1.29 is 0 Å². The van der Waals surface area contributed by atoms with Gasteiger partial charge in [-0.15, -0.1) is 0 Å². The zero-order chi connectivity index (χ0) is 5.86. The normalized spacial score (nSPS) is 11.1. The van der Waals surface area contributed by atoms with Crippen molar-refractivity contribution >= 4 is 0 Å². The van der Waals surface area contributed by atoms with E-state index < -0.39 is 0 Å². The summed E-state index contributed by atoms with van der Waals surface area (Å²) in [7, 11) is 0. The third kappa shape index (κ3) is 6.00. The van der Waals surface area contributed by atoms with Gasteiger partial charge < -0.3 is 5.92 Å². The summed E-state index contributed by atoms with van der Waals surface area (Å²) in [5.74, 6) is 2.38. The second kappa shape index (κ2) is 3.06. The Labute approximate surface area is 46.9 Å². The first-order valence-electron chi connectivity index (χ1n) is 2.92. The first-order valence-corrected chi connectivity index (χ1v) is 2.92. The predicted molar refractivity (Wildman–Crippen MR) is 34.0 cm³/mol. The summed E-state index contributed by atoms with van der Waals surface area (Å²) in [6.45, 7) is 8.85. The Morgan fingerprint density at radius 1 is 1.29 bits per heavy atom. The monoisotopic (exact) mass is 99.1 g/mol. The van der Waals surface area contributed by atoms with Crippen LogP contribution in [0.25, 0.3) is 0 Å². The lowest BCUT2D eigenvalue weighted by atomic mass is 10.0. The molecule has 0 aromatic rings. The van der Waals surface area contributed by atoms with E-state index in [2.05, 4.69) is 27.7 Å². The van der Waals surface area contributed by atoms with Crippen LogP contribution in [0.15, 0.2) is 0 Å². The van der Waals surface area contributed by atoms with E-state index in [-0.39, 0.29) is 0 Å². The maximum absolute atomic E-state index is 2.24. The number of rotatable bonds is 2. The molecule has 0 saturated heterocycles. The molecule has 0 aromatic heterocycles. The van der Waals surface area contributed by atoms with E-state index in [9.17, 15) is 0 Å². The van der Waals surface area contributed by atoms with Gasteiger partial charge in [0.05, 0.1) is 0 Å². The lowest BCUT2D eigenvalue weighted by Gasteiger charge is -2.18. The van der Waals surface area contributed by atoms with Gasteiger partial charge >= 0.3 is 0 Å². The first-order chi connectivity index (χ1) is 3.13. The van der Waals surface area contributed by atoms with Gasteiger partial charge in [-0.25, -0.2) is 0 Å². The van der Waals surface area contributed by atoms with Crippen LogP contribution in [-0.4, -0.2) is 0 Å². The van der Waals surface area contributed by atoms with E-state index in [1.54, 1.807) is 0 Å². The Kier molecular flexibility index (Phi) is 3.06. The van der Waals surface area contributed by atoms with Crippen molar-refractivity contribution in [2.24, 2.45) is 5.92 Å². The summed E-state index contributed by atoms with van der Waals surface area (Å²) >= 11 is 0. The molecule has 0 heteroatoms. The molecule has 0 saturated carbocycles. The zero-order valence-corrected chi connectivity index (χ0v) is 5.78. The summed E-state index contributed by atoms with van der Waals surface area (Å²) in [5.41, 5.74) is 0. The van der Waals surface area contributed by atoms with Crippen molar-refractivity contribution in [1.29, 1.82) is 0 Å². The van der Waals surface area contributed by atoms with Crippen LogP contribution in [0.1, 0.15) is 34.1 Å². The minimum Gasteiger partial charge on any atom is -0.319 e. The molecule has 0 heterocycles. The van der Waals surface area contributed by atoms with Crippen LogP contribution >= 0.6 is 0 Å². The van der Waals surface area contributed by atoms with E-state index in [1.807, 2.05) is 0 Å². The first kappa shape index (κ1) is 7.00. The van der Waals surface area contributed by atoms with Crippen LogP contribution in [0, 0.1) is 11.8 Å². The second-order valence-electron chi connectivity index (χ2n) is 2.81. The zero-order valence-electron chi connectivity index (χ0n) is 5.78. The molecular weight excluding hydrogens is 84.1 g/mol. The Balaban J connectivity index is 2.95. The summed E-state index contributed by atoms with van der Waals surface area (Å²) in [6.07, 6.45) is 1.28. The summed E-state index contributed by atoms with van der Waals surface area (Å²) in [5, 5.41) is 0. The molecule has 0 nitrogen and oxygen atoms in total. The van der Waals surface area contributed by atoms with Crippen molar-refractivity contribution in [2.75, 3.05) is 0 Å². The minimum atomic E-state index is 0.838. The fourth-order valence-electron chi connectivity index (χ4n) is 0.816. The van der Waals surface area contributed by atoms with E-state index in [0.29, 0.717) is 0 Å². The molecule has 0 N–H and O–H groups in total. The highest BCUT2D eigenvalue weighted by Gasteiger charge is 1.84. The molecule has 0 spiro atoms. The van der Waals surface area contributed by atoms with Crippen LogP contribution in [0.5, 0.6) is 0 Å². The van der Waals surface area contributed by atoms with Crippen LogP contribution in [-0.2, 0) is 0 Å². The Morgan fingerprint density at radius 3 is 1.71 bits per heavy atom. The molecule has 0 aliphatic carbocycles. The maximum Gasteiger partial charge on any atom is -0.0652 e.